The van der Waals surface area contributed by atoms with Crippen LogP contribution in [-0.2, 0) is 11.2 Å². The third-order valence-corrected chi connectivity index (χ3v) is 4.78. The summed E-state index contributed by atoms with van der Waals surface area (Å²) in [6.45, 7) is 0.516. The van der Waals surface area contributed by atoms with Crippen LogP contribution in [0.3, 0.4) is 0 Å². The second kappa shape index (κ2) is 9.73. The quantitative estimate of drug-likeness (QED) is 0.527. The van der Waals surface area contributed by atoms with E-state index in [2.05, 4.69) is 10.3 Å². The van der Waals surface area contributed by atoms with E-state index in [4.69, 9.17) is 18.9 Å². The molecule has 1 amide bonds. The molecule has 2 aromatic carbocycles. The number of aromatic amines is 1. The van der Waals surface area contributed by atoms with E-state index in [1.165, 1.54) is 6.08 Å². The first kappa shape index (κ1) is 21.1. The summed E-state index contributed by atoms with van der Waals surface area (Å²) in [5.41, 5.74) is 2.93. The second-order valence-electron chi connectivity index (χ2n) is 6.56. The van der Waals surface area contributed by atoms with Gasteiger partial charge in [0.1, 0.15) is 5.75 Å². The lowest BCUT2D eigenvalue weighted by atomic mass is 10.1. The highest BCUT2D eigenvalue weighted by molar-refractivity contribution is 5.92. The van der Waals surface area contributed by atoms with Crippen LogP contribution in [0.2, 0.25) is 0 Å². The first-order chi connectivity index (χ1) is 14.6. The van der Waals surface area contributed by atoms with Gasteiger partial charge in [-0.15, -0.1) is 0 Å². The average Bonchev–Trinajstić information content (AvgIpc) is 3.18. The first-order valence-electron chi connectivity index (χ1n) is 9.49. The molecule has 0 saturated heterocycles. The van der Waals surface area contributed by atoms with Gasteiger partial charge in [-0.3, -0.25) is 4.79 Å². The Bertz CT molecular complexity index is 1030. The molecule has 0 aliphatic rings. The largest absolute Gasteiger partial charge is 0.497 e. The van der Waals surface area contributed by atoms with Gasteiger partial charge in [0, 0.05) is 29.7 Å². The molecular weight excluding hydrogens is 384 g/mol. The summed E-state index contributed by atoms with van der Waals surface area (Å²) < 4.78 is 21.3. The molecule has 2 N–H and O–H groups in total. The number of carbonyl (C=O) groups excluding carboxylic acids is 1. The molecule has 3 aromatic rings. The Balaban J connectivity index is 1.62. The molecule has 0 unspecified atom stereocenters. The van der Waals surface area contributed by atoms with Crippen LogP contribution in [0.1, 0.15) is 11.1 Å². The van der Waals surface area contributed by atoms with Gasteiger partial charge in [0.05, 0.1) is 28.4 Å². The fourth-order valence-corrected chi connectivity index (χ4v) is 3.24. The maximum absolute atomic E-state index is 12.2. The standard InChI is InChI=1S/C23H26N2O5/c1-27-17-6-7-19-18(13-17)16(14-25-19)9-10-24-22(26)8-5-15-11-20(28-2)23(30-4)21(12-15)29-3/h5-8,11-14,25H,9-10H2,1-4H3,(H,24,26)/b8-5+. The van der Waals surface area contributed by atoms with Crippen molar-refractivity contribution in [3.8, 4) is 23.0 Å². The van der Waals surface area contributed by atoms with Crippen LogP contribution in [0, 0.1) is 0 Å². The van der Waals surface area contributed by atoms with Crippen molar-refractivity contribution in [2.24, 2.45) is 0 Å². The maximum Gasteiger partial charge on any atom is 0.244 e. The topological polar surface area (TPSA) is 81.8 Å². The first-order valence-corrected chi connectivity index (χ1v) is 9.49. The van der Waals surface area contributed by atoms with Crippen molar-refractivity contribution in [3.05, 3.63) is 53.7 Å². The van der Waals surface area contributed by atoms with E-state index < -0.39 is 0 Å². The van der Waals surface area contributed by atoms with Crippen molar-refractivity contribution in [1.82, 2.24) is 10.3 Å². The average molecular weight is 410 g/mol. The van der Waals surface area contributed by atoms with Crippen molar-refractivity contribution in [1.29, 1.82) is 0 Å². The number of methoxy groups -OCH3 is 4. The molecular formula is C23H26N2O5. The molecule has 1 aromatic heterocycles. The van der Waals surface area contributed by atoms with Gasteiger partial charge in [-0.1, -0.05) is 0 Å². The zero-order valence-electron chi connectivity index (χ0n) is 17.6. The molecule has 3 rings (SSSR count). The highest BCUT2D eigenvalue weighted by atomic mass is 16.5. The second-order valence-corrected chi connectivity index (χ2v) is 6.56. The predicted molar refractivity (Wildman–Crippen MR) is 117 cm³/mol. The minimum Gasteiger partial charge on any atom is -0.497 e. The van der Waals surface area contributed by atoms with Gasteiger partial charge in [0.25, 0.3) is 0 Å². The molecule has 7 heteroatoms. The lowest BCUT2D eigenvalue weighted by molar-refractivity contribution is -0.116. The number of carbonyl (C=O) groups is 1. The van der Waals surface area contributed by atoms with Gasteiger partial charge in [0.2, 0.25) is 11.7 Å². The molecule has 0 spiro atoms. The van der Waals surface area contributed by atoms with Crippen LogP contribution >= 0.6 is 0 Å². The molecule has 1 heterocycles. The number of H-pyrrole nitrogens is 1. The summed E-state index contributed by atoms with van der Waals surface area (Å²) in [5.74, 6) is 2.21. The number of hydrogen-bond donors (Lipinski definition) is 2. The number of fused-ring (bicyclic) bond motifs is 1. The molecule has 0 atom stereocenters. The molecule has 0 fully saturated rings. The Kier molecular flexibility index (Phi) is 6.85. The SMILES string of the molecule is COc1ccc2[nH]cc(CCNC(=O)/C=C/c3cc(OC)c(OC)c(OC)c3)c2c1. The minimum atomic E-state index is -0.179. The zero-order chi connectivity index (χ0) is 21.5. The number of rotatable bonds is 9. The van der Waals surface area contributed by atoms with Gasteiger partial charge < -0.3 is 29.2 Å². The van der Waals surface area contributed by atoms with E-state index in [9.17, 15) is 4.79 Å². The van der Waals surface area contributed by atoms with E-state index in [1.54, 1.807) is 46.6 Å². The molecule has 7 nitrogen and oxygen atoms in total. The van der Waals surface area contributed by atoms with Gasteiger partial charge in [0.15, 0.2) is 11.5 Å². The normalized spacial score (nSPS) is 10.9. The summed E-state index contributed by atoms with van der Waals surface area (Å²) >= 11 is 0. The van der Waals surface area contributed by atoms with Gasteiger partial charge in [-0.05, 0) is 54.0 Å². The number of ether oxygens (including phenoxy) is 4. The third kappa shape index (κ3) is 4.68. The summed E-state index contributed by atoms with van der Waals surface area (Å²) in [4.78, 5) is 15.5. The molecule has 30 heavy (non-hydrogen) atoms. The maximum atomic E-state index is 12.2. The Hall–Kier alpha value is -3.61. The Morgan fingerprint density at radius 1 is 1.00 bits per heavy atom. The van der Waals surface area contributed by atoms with Crippen LogP contribution in [0.15, 0.2) is 42.6 Å². The van der Waals surface area contributed by atoms with Crippen molar-refractivity contribution in [2.45, 2.75) is 6.42 Å². The Labute approximate surface area is 175 Å². The van der Waals surface area contributed by atoms with Gasteiger partial charge in [-0.25, -0.2) is 0 Å². The fourth-order valence-electron chi connectivity index (χ4n) is 3.24. The molecule has 0 aliphatic carbocycles. The number of hydrogen-bond acceptors (Lipinski definition) is 5. The van der Waals surface area contributed by atoms with E-state index in [1.807, 2.05) is 24.4 Å². The molecule has 0 aliphatic heterocycles. The highest BCUT2D eigenvalue weighted by Crippen LogP contribution is 2.38. The highest BCUT2D eigenvalue weighted by Gasteiger charge is 2.12. The summed E-state index contributed by atoms with van der Waals surface area (Å²) in [5, 5.41) is 4.00. The van der Waals surface area contributed by atoms with Crippen LogP contribution < -0.4 is 24.3 Å². The number of nitrogens with one attached hydrogen (secondary N) is 2. The van der Waals surface area contributed by atoms with E-state index in [-0.39, 0.29) is 5.91 Å². The predicted octanol–water partition coefficient (Wildman–Crippen LogP) is 3.57. The van der Waals surface area contributed by atoms with Crippen molar-refractivity contribution >= 4 is 22.9 Å². The lowest BCUT2D eigenvalue weighted by Crippen LogP contribution is -2.23. The van der Waals surface area contributed by atoms with Crippen LogP contribution in [-0.4, -0.2) is 45.9 Å². The van der Waals surface area contributed by atoms with E-state index in [0.29, 0.717) is 30.2 Å². The minimum absolute atomic E-state index is 0.179. The summed E-state index contributed by atoms with van der Waals surface area (Å²) in [6.07, 6.45) is 5.86. The number of benzene rings is 2. The summed E-state index contributed by atoms with van der Waals surface area (Å²) in [7, 11) is 6.30. The van der Waals surface area contributed by atoms with Crippen LogP contribution in [0.5, 0.6) is 23.0 Å². The lowest BCUT2D eigenvalue weighted by Gasteiger charge is -2.12. The smallest absolute Gasteiger partial charge is 0.244 e. The van der Waals surface area contributed by atoms with Gasteiger partial charge in [-0.2, -0.15) is 0 Å². The molecule has 0 radical (unpaired) electrons. The van der Waals surface area contributed by atoms with Crippen LogP contribution in [0.4, 0.5) is 0 Å². The van der Waals surface area contributed by atoms with Crippen LogP contribution in [0.25, 0.3) is 17.0 Å². The van der Waals surface area contributed by atoms with Crippen molar-refractivity contribution < 1.29 is 23.7 Å². The molecule has 0 bridgehead atoms. The third-order valence-electron chi connectivity index (χ3n) is 4.78. The van der Waals surface area contributed by atoms with Gasteiger partial charge >= 0.3 is 0 Å². The van der Waals surface area contributed by atoms with E-state index in [0.717, 1.165) is 27.8 Å². The van der Waals surface area contributed by atoms with Crippen molar-refractivity contribution in [2.75, 3.05) is 35.0 Å². The monoisotopic (exact) mass is 410 g/mol. The zero-order valence-corrected chi connectivity index (χ0v) is 17.6. The fraction of sp³-hybridized carbons (Fsp3) is 0.261. The Morgan fingerprint density at radius 2 is 1.73 bits per heavy atom. The number of amides is 1. The summed E-state index contributed by atoms with van der Waals surface area (Å²) in [6, 6.07) is 9.46. The Morgan fingerprint density at radius 3 is 2.37 bits per heavy atom. The molecule has 0 saturated carbocycles. The van der Waals surface area contributed by atoms with Crippen molar-refractivity contribution in [3.63, 3.8) is 0 Å². The molecule has 158 valence electrons. The van der Waals surface area contributed by atoms with E-state index >= 15 is 0 Å². The number of aromatic nitrogens is 1.